The van der Waals surface area contributed by atoms with E-state index in [4.69, 9.17) is 9.47 Å². The van der Waals surface area contributed by atoms with Crippen LogP contribution in [0.1, 0.15) is 39.2 Å². The first kappa shape index (κ1) is 18.7. The van der Waals surface area contributed by atoms with Gasteiger partial charge in [-0.1, -0.05) is 12.1 Å². The molecule has 0 radical (unpaired) electrons. The lowest BCUT2D eigenvalue weighted by atomic mass is 9.75. The van der Waals surface area contributed by atoms with Crippen LogP contribution in [0.15, 0.2) is 40.5 Å². The van der Waals surface area contributed by atoms with Crippen molar-refractivity contribution in [3.05, 3.63) is 41.1 Å². The van der Waals surface area contributed by atoms with Crippen LogP contribution >= 0.6 is 0 Å². The van der Waals surface area contributed by atoms with Crippen LogP contribution in [0.3, 0.4) is 0 Å². The molecule has 0 spiro atoms. The second-order valence-corrected chi connectivity index (χ2v) is 5.77. The molecule has 1 aromatic carbocycles. The normalized spacial score (nSPS) is 20.1. The molecule has 1 heterocycles. The van der Waals surface area contributed by atoms with Crippen LogP contribution in [0.4, 0.5) is 0 Å². The minimum atomic E-state index is -0.715. The maximum Gasteiger partial charge on any atom is 0.336 e. The first-order valence-electron chi connectivity index (χ1n) is 8.29. The molecule has 1 aliphatic rings. The number of nitrogens with zero attached hydrogens (tertiary/aromatic N) is 1. The Hall–Kier alpha value is -2.63. The molecule has 1 aromatic rings. The van der Waals surface area contributed by atoms with Crippen LogP contribution in [0.5, 0.6) is 5.75 Å². The molecule has 0 saturated heterocycles. The van der Waals surface area contributed by atoms with Gasteiger partial charge < -0.3 is 14.6 Å². The molecule has 0 bridgehead atoms. The molecule has 2 unspecified atom stereocenters. The molecule has 1 aliphatic heterocycles. The number of phenols is 1. The van der Waals surface area contributed by atoms with E-state index in [0.29, 0.717) is 22.5 Å². The average molecular weight is 345 g/mol. The summed E-state index contributed by atoms with van der Waals surface area (Å²) in [4.78, 5) is 29.5. The van der Waals surface area contributed by atoms with Gasteiger partial charge in [0.2, 0.25) is 0 Å². The van der Waals surface area contributed by atoms with Gasteiger partial charge in [0, 0.05) is 17.3 Å². The number of carbonyl (C=O) groups is 2. The van der Waals surface area contributed by atoms with E-state index < -0.39 is 23.8 Å². The van der Waals surface area contributed by atoms with E-state index in [1.807, 2.05) is 0 Å². The van der Waals surface area contributed by atoms with Crippen molar-refractivity contribution in [1.29, 1.82) is 0 Å². The molecular weight excluding hydrogens is 322 g/mol. The highest BCUT2D eigenvalue weighted by Gasteiger charge is 2.42. The van der Waals surface area contributed by atoms with Crippen molar-refractivity contribution >= 4 is 17.7 Å². The maximum atomic E-state index is 12.6. The van der Waals surface area contributed by atoms with Gasteiger partial charge in [-0.25, -0.2) is 4.79 Å². The third-order valence-corrected chi connectivity index (χ3v) is 4.12. The molecule has 134 valence electrons. The van der Waals surface area contributed by atoms with Crippen molar-refractivity contribution in [3.63, 3.8) is 0 Å². The minimum Gasteiger partial charge on any atom is -0.508 e. The lowest BCUT2D eigenvalue weighted by Crippen LogP contribution is -2.36. The molecule has 1 N–H and O–H groups in total. The predicted molar refractivity (Wildman–Crippen MR) is 93.4 cm³/mol. The van der Waals surface area contributed by atoms with E-state index in [1.54, 1.807) is 39.8 Å². The SMILES string of the molecule is CCOC(=O)C1=C(C)N=C(C)C(C(=O)OCC)C1c1ccc(O)cc1. The number of phenolic OH excluding ortho intramolecular Hbond substituents is 1. The van der Waals surface area contributed by atoms with Gasteiger partial charge >= 0.3 is 11.9 Å². The summed E-state index contributed by atoms with van der Waals surface area (Å²) in [6.07, 6.45) is 0. The van der Waals surface area contributed by atoms with Gasteiger partial charge in [0.25, 0.3) is 0 Å². The van der Waals surface area contributed by atoms with E-state index in [0.717, 1.165) is 0 Å². The van der Waals surface area contributed by atoms with Crippen molar-refractivity contribution in [2.75, 3.05) is 13.2 Å². The topological polar surface area (TPSA) is 85.2 Å². The summed E-state index contributed by atoms with van der Waals surface area (Å²) in [6, 6.07) is 6.43. The van der Waals surface area contributed by atoms with E-state index in [1.165, 1.54) is 12.1 Å². The zero-order valence-electron chi connectivity index (χ0n) is 14.9. The first-order chi connectivity index (χ1) is 11.9. The van der Waals surface area contributed by atoms with Crippen LogP contribution in [0, 0.1) is 5.92 Å². The standard InChI is InChI=1S/C19H23NO5/c1-5-24-18(22)15-11(3)20-12(4)16(19(23)25-6-2)17(15)13-7-9-14(21)10-8-13/h7-10,15,17,21H,5-6H2,1-4H3. The lowest BCUT2D eigenvalue weighted by Gasteiger charge is -2.31. The molecule has 25 heavy (non-hydrogen) atoms. The Kier molecular flexibility index (Phi) is 5.96. The molecule has 0 amide bonds. The fourth-order valence-corrected chi connectivity index (χ4v) is 3.09. The number of hydrogen-bond acceptors (Lipinski definition) is 6. The van der Waals surface area contributed by atoms with E-state index in [-0.39, 0.29) is 19.0 Å². The van der Waals surface area contributed by atoms with Gasteiger partial charge in [0.05, 0.1) is 18.8 Å². The van der Waals surface area contributed by atoms with Crippen LogP contribution in [0.2, 0.25) is 0 Å². The summed E-state index contributed by atoms with van der Waals surface area (Å²) < 4.78 is 10.4. The Morgan fingerprint density at radius 3 is 2.24 bits per heavy atom. The van der Waals surface area contributed by atoms with Crippen molar-refractivity contribution < 1.29 is 24.2 Å². The highest BCUT2D eigenvalue weighted by atomic mass is 16.5. The Bertz CT molecular complexity index is 718. The first-order valence-corrected chi connectivity index (χ1v) is 8.29. The zero-order chi connectivity index (χ0) is 18.6. The quantitative estimate of drug-likeness (QED) is 0.829. The van der Waals surface area contributed by atoms with Gasteiger partial charge in [0.15, 0.2) is 0 Å². The number of aromatic hydroxyl groups is 1. The Labute approximate surface area is 147 Å². The summed E-state index contributed by atoms with van der Waals surface area (Å²) in [5.41, 5.74) is 2.17. The molecule has 0 aromatic heterocycles. The van der Waals surface area contributed by atoms with Gasteiger partial charge in [-0.15, -0.1) is 0 Å². The number of benzene rings is 1. The number of aliphatic imine (C=N–C) groups is 1. The van der Waals surface area contributed by atoms with Gasteiger partial charge in [-0.05, 0) is 45.4 Å². The Balaban J connectivity index is 2.60. The number of rotatable bonds is 5. The highest BCUT2D eigenvalue weighted by molar-refractivity contribution is 6.07. The maximum absolute atomic E-state index is 12.6. The number of esters is 2. The van der Waals surface area contributed by atoms with Crippen LogP contribution in [-0.4, -0.2) is 36.0 Å². The van der Waals surface area contributed by atoms with E-state index in [2.05, 4.69) is 4.99 Å². The van der Waals surface area contributed by atoms with Gasteiger partial charge in [-0.3, -0.25) is 9.79 Å². The van der Waals surface area contributed by atoms with Crippen LogP contribution in [-0.2, 0) is 19.1 Å². The average Bonchev–Trinajstić information content (AvgIpc) is 2.55. The number of allylic oxidation sites excluding steroid dienone is 1. The molecule has 0 aliphatic carbocycles. The summed E-state index contributed by atoms with van der Waals surface area (Å²) in [6.45, 7) is 7.40. The Morgan fingerprint density at radius 1 is 1.08 bits per heavy atom. The molecule has 2 atom stereocenters. The van der Waals surface area contributed by atoms with E-state index >= 15 is 0 Å². The highest BCUT2D eigenvalue weighted by Crippen LogP contribution is 2.40. The van der Waals surface area contributed by atoms with Crippen molar-refractivity contribution in [3.8, 4) is 5.75 Å². The van der Waals surface area contributed by atoms with Crippen LogP contribution < -0.4 is 0 Å². The second kappa shape index (κ2) is 7.96. The van der Waals surface area contributed by atoms with Crippen molar-refractivity contribution in [2.24, 2.45) is 10.9 Å². The van der Waals surface area contributed by atoms with E-state index in [9.17, 15) is 14.7 Å². The molecule has 2 rings (SSSR count). The summed E-state index contributed by atoms with van der Waals surface area (Å²) in [5.74, 6) is -2.11. The number of ether oxygens (including phenoxy) is 2. The molecule has 0 fully saturated rings. The van der Waals surface area contributed by atoms with Crippen molar-refractivity contribution in [1.82, 2.24) is 0 Å². The number of carbonyl (C=O) groups excluding carboxylic acids is 2. The summed E-state index contributed by atoms with van der Waals surface area (Å²) in [5, 5.41) is 9.56. The second-order valence-electron chi connectivity index (χ2n) is 5.77. The van der Waals surface area contributed by atoms with Crippen LogP contribution in [0.25, 0.3) is 0 Å². The third-order valence-electron chi connectivity index (χ3n) is 4.12. The lowest BCUT2D eigenvalue weighted by molar-refractivity contribution is -0.146. The molecule has 6 nitrogen and oxygen atoms in total. The fraction of sp³-hybridized carbons (Fsp3) is 0.421. The minimum absolute atomic E-state index is 0.107. The Morgan fingerprint density at radius 2 is 1.68 bits per heavy atom. The monoisotopic (exact) mass is 345 g/mol. The summed E-state index contributed by atoms with van der Waals surface area (Å²) >= 11 is 0. The summed E-state index contributed by atoms with van der Waals surface area (Å²) in [7, 11) is 0. The smallest absolute Gasteiger partial charge is 0.336 e. The molecule has 0 saturated carbocycles. The zero-order valence-corrected chi connectivity index (χ0v) is 14.9. The molecule has 6 heteroatoms. The number of hydrogen-bond donors (Lipinski definition) is 1. The van der Waals surface area contributed by atoms with Gasteiger partial charge in [-0.2, -0.15) is 0 Å². The van der Waals surface area contributed by atoms with Gasteiger partial charge in [0.1, 0.15) is 11.7 Å². The van der Waals surface area contributed by atoms with Crippen molar-refractivity contribution in [2.45, 2.75) is 33.6 Å². The fourth-order valence-electron chi connectivity index (χ4n) is 3.09. The largest absolute Gasteiger partial charge is 0.508 e. The predicted octanol–water partition coefficient (Wildman–Crippen LogP) is 2.97. The third kappa shape index (κ3) is 3.90. The molecular formula is C19H23NO5.